The third-order valence-electron chi connectivity index (χ3n) is 12.8. The number of hydrogen-bond acceptors (Lipinski definition) is 12. The molecule has 4 atom stereocenters. The molecule has 1 saturated carbocycles. The Morgan fingerprint density at radius 1 is 0.985 bits per heavy atom. The zero-order chi connectivity index (χ0) is 48.6. The number of anilines is 1. The van der Waals surface area contributed by atoms with Gasteiger partial charge in [-0.1, -0.05) is 77.4 Å². The second-order valence-corrected chi connectivity index (χ2v) is 20.3. The van der Waals surface area contributed by atoms with E-state index in [9.17, 15) is 29.5 Å². The van der Waals surface area contributed by atoms with E-state index in [1.165, 1.54) is 4.90 Å². The molecular formula is C50H63ClN8O7S. The lowest BCUT2D eigenvalue weighted by Gasteiger charge is -2.63. The van der Waals surface area contributed by atoms with Gasteiger partial charge in [-0.15, -0.1) is 11.3 Å². The first-order chi connectivity index (χ1) is 31.8. The van der Waals surface area contributed by atoms with E-state index in [-0.39, 0.29) is 55.5 Å². The van der Waals surface area contributed by atoms with E-state index >= 15 is 0 Å². The smallest absolute Gasteiger partial charge is 0.270 e. The minimum atomic E-state index is -0.904. The van der Waals surface area contributed by atoms with Gasteiger partial charge in [-0.2, -0.15) is 5.26 Å². The largest absolute Gasteiger partial charge is 0.489 e. The summed E-state index contributed by atoms with van der Waals surface area (Å²) < 4.78 is 12.0. The molecular weight excluding hydrogens is 892 g/mol. The number of pyridine rings is 1. The maximum atomic E-state index is 13.8. The number of amides is 4. The van der Waals surface area contributed by atoms with Crippen LogP contribution in [0.25, 0.3) is 10.4 Å². The topological polar surface area (TPSA) is 208 Å². The van der Waals surface area contributed by atoms with Crippen LogP contribution in [0.3, 0.4) is 0 Å². The number of thiazole rings is 1. The number of aliphatic hydroxyl groups is 1. The molecule has 1 aliphatic carbocycles. The first-order valence-corrected chi connectivity index (χ1v) is 24.1. The molecule has 67 heavy (non-hydrogen) atoms. The molecule has 2 aromatic carbocycles. The summed E-state index contributed by atoms with van der Waals surface area (Å²) in [5, 5.41) is 32.4. The summed E-state index contributed by atoms with van der Waals surface area (Å²) in [5.74, 6) is -1.21. The number of aliphatic hydroxyl groups excluding tert-OH is 1. The third-order valence-corrected chi connectivity index (χ3v) is 14.1. The molecule has 2 fully saturated rings. The minimum Gasteiger partial charge on any atom is -0.489 e. The lowest BCUT2D eigenvalue weighted by atomic mass is 9.49. The molecule has 358 valence electrons. The first kappa shape index (κ1) is 50.8. The zero-order valence-corrected chi connectivity index (χ0v) is 41.1. The number of unbranched alkanes of at least 4 members (excludes halogenated alkanes) is 2. The molecule has 0 spiro atoms. The van der Waals surface area contributed by atoms with Crippen molar-refractivity contribution in [2.75, 3.05) is 31.6 Å². The Labute approximate surface area is 402 Å². The Hall–Kier alpha value is -5.60. The molecule has 1 aliphatic heterocycles. The van der Waals surface area contributed by atoms with Gasteiger partial charge in [0.2, 0.25) is 17.7 Å². The Morgan fingerprint density at radius 2 is 1.72 bits per heavy atom. The van der Waals surface area contributed by atoms with Gasteiger partial charge in [-0.05, 0) is 74.4 Å². The number of halogens is 1. The van der Waals surface area contributed by atoms with Gasteiger partial charge in [-0.3, -0.25) is 19.2 Å². The van der Waals surface area contributed by atoms with Crippen molar-refractivity contribution in [2.45, 2.75) is 117 Å². The minimum absolute atomic E-state index is 0.00639. The van der Waals surface area contributed by atoms with Gasteiger partial charge in [-0.25, -0.2) is 9.97 Å². The zero-order valence-electron chi connectivity index (χ0n) is 39.5. The average Bonchev–Trinajstić information content (AvgIpc) is 3.92. The number of ether oxygens (including phenoxy) is 2. The molecule has 0 radical (unpaired) electrons. The van der Waals surface area contributed by atoms with Crippen molar-refractivity contribution >= 4 is 52.3 Å². The monoisotopic (exact) mass is 954 g/mol. The number of nitrogens with zero attached hydrogens (tertiary/aromatic N) is 4. The average molecular weight is 956 g/mol. The van der Waals surface area contributed by atoms with Crippen LogP contribution in [-0.2, 0) is 19.1 Å². The fourth-order valence-corrected chi connectivity index (χ4v) is 10.5. The van der Waals surface area contributed by atoms with Crippen LogP contribution in [0.15, 0.2) is 66.3 Å². The Kier molecular flexibility index (Phi) is 16.7. The highest BCUT2D eigenvalue weighted by Crippen LogP contribution is 2.55. The van der Waals surface area contributed by atoms with E-state index in [0.29, 0.717) is 35.2 Å². The fraction of sp³-hybridized carbons (Fsp3) is 0.500. The number of β-amino-alcohol motifs (C(OH)–C–C–N with tert-alkyl or cyclic N) is 1. The van der Waals surface area contributed by atoms with E-state index in [2.05, 4.69) is 37.3 Å². The quantitative estimate of drug-likeness (QED) is 0.0559. The van der Waals surface area contributed by atoms with E-state index in [1.54, 1.807) is 41.8 Å². The molecule has 3 heterocycles. The van der Waals surface area contributed by atoms with E-state index in [1.807, 2.05) is 91.2 Å². The van der Waals surface area contributed by atoms with Gasteiger partial charge in [0.15, 0.2) is 0 Å². The number of hydrogen-bond donors (Lipinski definition) is 5. The van der Waals surface area contributed by atoms with Crippen LogP contribution >= 0.6 is 22.9 Å². The van der Waals surface area contributed by atoms with Crippen molar-refractivity contribution in [3.05, 3.63) is 93.8 Å². The summed E-state index contributed by atoms with van der Waals surface area (Å²) in [7, 11) is 0. The predicted octanol–water partition coefficient (Wildman–Crippen LogP) is 7.23. The van der Waals surface area contributed by atoms with Gasteiger partial charge in [0, 0.05) is 49.1 Å². The van der Waals surface area contributed by atoms with Crippen LogP contribution in [-0.4, -0.2) is 100 Å². The number of rotatable bonds is 20. The highest BCUT2D eigenvalue weighted by atomic mass is 35.5. The summed E-state index contributed by atoms with van der Waals surface area (Å²) in [5.41, 5.74) is 5.38. The summed E-state index contributed by atoms with van der Waals surface area (Å²) in [6.07, 6.45) is 3.04. The standard InChI is InChI=1S/C50H63ClN8O7S/c1-29(2)42(46(64)59-26-36(60)22-40(59)45(63)56-30(3)32-12-14-33(15-13-32)43-31(4)55-28-67-43)57-41(61)27-65-21-11-9-10-20-53-35-17-19-39(54-25-35)44(62)58-47-49(5,6)48(50(47,7)8)66-37-18-16-34(24-52)38(51)23-37/h12-19,23,25,28-30,36,40,42,47-48,53,60H,9-11,20-22,26-27H2,1-8H3,(H,56,63)(H,57,61)(H,58,62)/t30?,36-,40+,42?,47?,48?/m1/s1. The van der Waals surface area contributed by atoms with Gasteiger partial charge in [0.1, 0.15) is 42.3 Å². The normalized spacial score (nSPS) is 20.2. The lowest BCUT2D eigenvalue weighted by Crippen LogP contribution is -2.74. The van der Waals surface area contributed by atoms with Crippen molar-refractivity contribution in [3.63, 3.8) is 0 Å². The number of nitrogens with one attached hydrogen (secondary N) is 4. The predicted molar refractivity (Wildman–Crippen MR) is 259 cm³/mol. The summed E-state index contributed by atoms with van der Waals surface area (Å²) in [6, 6.07) is 16.2. The number of aromatic nitrogens is 2. The maximum absolute atomic E-state index is 13.8. The summed E-state index contributed by atoms with van der Waals surface area (Å²) in [6.45, 7) is 16.5. The summed E-state index contributed by atoms with van der Waals surface area (Å²) >= 11 is 7.80. The van der Waals surface area contributed by atoms with Gasteiger partial charge >= 0.3 is 0 Å². The number of carbonyl (C=O) groups excluding carboxylic acids is 4. The Balaban J connectivity index is 0.873. The molecule has 15 nitrogen and oxygen atoms in total. The number of nitriles is 1. The van der Waals surface area contributed by atoms with Crippen molar-refractivity contribution in [2.24, 2.45) is 16.7 Å². The summed E-state index contributed by atoms with van der Waals surface area (Å²) in [4.78, 5) is 64.9. The molecule has 17 heteroatoms. The molecule has 0 bridgehead atoms. The van der Waals surface area contributed by atoms with Crippen LogP contribution in [0, 0.1) is 35.0 Å². The Morgan fingerprint density at radius 3 is 2.34 bits per heavy atom. The van der Waals surface area contributed by atoms with Crippen LogP contribution in [0.5, 0.6) is 5.75 Å². The van der Waals surface area contributed by atoms with Crippen molar-refractivity contribution in [3.8, 4) is 22.3 Å². The SMILES string of the molecule is Cc1ncsc1-c1ccc(C(C)NC(=O)[C@@H]2C[C@@H](O)CN2C(=O)C(NC(=O)COCCCCCNc2ccc(C(=O)NC3C(C)(C)C(Oc4ccc(C#N)c(Cl)c4)C3(C)C)nc2)C(C)C)cc1. The molecule has 5 N–H and O–H groups in total. The van der Waals surface area contributed by atoms with Crippen LogP contribution in [0.4, 0.5) is 5.69 Å². The number of benzene rings is 2. The number of likely N-dealkylation sites (tertiary alicyclic amines) is 1. The van der Waals surface area contributed by atoms with Crippen molar-refractivity contribution in [1.29, 1.82) is 5.26 Å². The van der Waals surface area contributed by atoms with E-state index < -0.39 is 40.8 Å². The fourth-order valence-electron chi connectivity index (χ4n) is 9.45. The van der Waals surface area contributed by atoms with Gasteiger partial charge in [0.25, 0.3) is 5.91 Å². The maximum Gasteiger partial charge on any atom is 0.270 e. The third kappa shape index (κ3) is 12.1. The number of aryl methyl sites for hydroxylation is 1. The van der Waals surface area contributed by atoms with Gasteiger partial charge < -0.3 is 40.7 Å². The van der Waals surface area contributed by atoms with Crippen molar-refractivity contribution < 1.29 is 33.8 Å². The van der Waals surface area contributed by atoms with E-state index in [0.717, 1.165) is 46.6 Å². The molecule has 4 amide bonds. The Bertz CT molecular complexity index is 2400. The second-order valence-electron chi connectivity index (χ2n) is 19.1. The molecule has 2 aliphatic rings. The lowest BCUT2D eigenvalue weighted by molar-refractivity contribution is -0.164. The van der Waals surface area contributed by atoms with Crippen LogP contribution in [0.1, 0.15) is 108 Å². The molecule has 6 rings (SSSR count). The molecule has 1 saturated heterocycles. The van der Waals surface area contributed by atoms with Crippen LogP contribution in [0.2, 0.25) is 5.02 Å². The van der Waals surface area contributed by atoms with Gasteiger partial charge in [0.05, 0.1) is 50.7 Å². The van der Waals surface area contributed by atoms with E-state index in [4.69, 9.17) is 21.1 Å². The number of carbonyl (C=O) groups is 4. The second kappa shape index (κ2) is 22.0. The highest BCUT2D eigenvalue weighted by Gasteiger charge is 2.64. The molecule has 2 unspecified atom stereocenters. The van der Waals surface area contributed by atoms with Crippen LogP contribution < -0.4 is 26.0 Å². The van der Waals surface area contributed by atoms with Crippen molar-refractivity contribution in [1.82, 2.24) is 30.8 Å². The first-order valence-electron chi connectivity index (χ1n) is 22.8. The highest BCUT2D eigenvalue weighted by molar-refractivity contribution is 7.13. The molecule has 2 aromatic heterocycles. The molecule has 4 aromatic rings.